The average molecular weight is 434 g/mol. The van der Waals surface area contributed by atoms with E-state index in [-0.39, 0.29) is 12.5 Å². The van der Waals surface area contributed by atoms with Gasteiger partial charge in [-0.05, 0) is 70.9 Å². The van der Waals surface area contributed by atoms with E-state index in [1.54, 1.807) is 0 Å². The lowest BCUT2D eigenvalue weighted by Gasteiger charge is -2.12. The normalized spacial score (nSPS) is 10.7. The largest absolute Gasteiger partial charge is 0.494 e. The molecular formula is C22H28BrNO3. The molecule has 0 unspecified atom stereocenters. The van der Waals surface area contributed by atoms with E-state index in [4.69, 9.17) is 9.47 Å². The fourth-order valence-corrected chi connectivity index (χ4v) is 3.21. The predicted molar refractivity (Wildman–Crippen MR) is 113 cm³/mol. The first-order chi connectivity index (χ1) is 13.0. The Hall–Kier alpha value is -2.01. The smallest absolute Gasteiger partial charge is 0.257 e. The molecule has 1 N–H and O–H groups in total. The number of ether oxygens (including phenoxy) is 2. The number of aryl methyl sites for hydroxylation is 1. The highest BCUT2D eigenvalue weighted by atomic mass is 79.9. The number of halogens is 1. The molecule has 1 amide bonds. The summed E-state index contributed by atoms with van der Waals surface area (Å²) < 4.78 is 12.1. The van der Waals surface area contributed by atoms with Crippen LogP contribution in [0.5, 0.6) is 11.5 Å². The maximum Gasteiger partial charge on any atom is 0.257 e. The van der Waals surface area contributed by atoms with Crippen LogP contribution in [0.4, 0.5) is 0 Å². The Bertz CT molecular complexity index is 746. The highest BCUT2D eigenvalue weighted by Gasteiger charge is 2.08. The lowest BCUT2D eigenvalue weighted by atomic mass is 10.0. The molecule has 0 radical (unpaired) electrons. The van der Waals surface area contributed by atoms with Crippen molar-refractivity contribution in [2.24, 2.45) is 0 Å². The van der Waals surface area contributed by atoms with Crippen LogP contribution in [0.15, 0.2) is 46.9 Å². The van der Waals surface area contributed by atoms with Crippen molar-refractivity contribution in [2.45, 2.75) is 39.5 Å². The van der Waals surface area contributed by atoms with E-state index >= 15 is 0 Å². The molecule has 0 bridgehead atoms. The summed E-state index contributed by atoms with van der Waals surface area (Å²) in [6.45, 7) is 7.53. The van der Waals surface area contributed by atoms with Crippen molar-refractivity contribution in [3.8, 4) is 11.5 Å². The second kappa shape index (κ2) is 11.0. The second-order valence-electron chi connectivity index (χ2n) is 6.63. The van der Waals surface area contributed by atoms with Crippen LogP contribution in [-0.4, -0.2) is 25.7 Å². The van der Waals surface area contributed by atoms with Gasteiger partial charge in [-0.1, -0.05) is 38.1 Å². The number of carbonyl (C=O) groups excluding carboxylic acids is 1. The Balaban J connectivity index is 1.73. The Morgan fingerprint density at radius 1 is 1.11 bits per heavy atom. The maximum atomic E-state index is 12.0. The van der Waals surface area contributed by atoms with Crippen molar-refractivity contribution in [2.75, 3.05) is 19.8 Å². The van der Waals surface area contributed by atoms with Crippen LogP contribution in [0.3, 0.4) is 0 Å². The summed E-state index contributed by atoms with van der Waals surface area (Å²) in [5.41, 5.74) is 2.39. The van der Waals surface area contributed by atoms with Crippen LogP contribution in [0, 0.1) is 0 Å². The molecule has 0 aromatic heterocycles. The summed E-state index contributed by atoms with van der Waals surface area (Å²) in [4.78, 5) is 12.0. The number of nitrogens with one attached hydrogen (secondary N) is 1. The molecule has 0 aliphatic rings. The third-order valence-corrected chi connectivity index (χ3v) is 4.82. The van der Waals surface area contributed by atoms with Gasteiger partial charge in [0.2, 0.25) is 0 Å². The topological polar surface area (TPSA) is 47.6 Å². The molecule has 0 aliphatic carbocycles. The minimum Gasteiger partial charge on any atom is -0.494 e. The van der Waals surface area contributed by atoms with E-state index in [1.807, 2.05) is 43.3 Å². The van der Waals surface area contributed by atoms with Crippen molar-refractivity contribution >= 4 is 21.8 Å². The summed E-state index contributed by atoms with van der Waals surface area (Å²) in [5, 5.41) is 2.90. The number of amides is 1. The quantitative estimate of drug-likeness (QED) is 0.530. The molecule has 0 fully saturated rings. The molecular weight excluding hydrogens is 406 g/mol. The number of rotatable bonds is 10. The number of hydrogen-bond acceptors (Lipinski definition) is 3. The lowest BCUT2D eigenvalue weighted by molar-refractivity contribution is -0.123. The zero-order valence-corrected chi connectivity index (χ0v) is 17.8. The van der Waals surface area contributed by atoms with Gasteiger partial charge in [0.1, 0.15) is 11.5 Å². The van der Waals surface area contributed by atoms with Gasteiger partial charge in [-0.3, -0.25) is 4.79 Å². The number of para-hydroxylation sites is 1. The number of carbonyl (C=O) groups is 1. The summed E-state index contributed by atoms with van der Waals surface area (Å²) in [6.07, 6.45) is 1.71. The van der Waals surface area contributed by atoms with Crippen molar-refractivity contribution in [1.29, 1.82) is 0 Å². The van der Waals surface area contributed by atoms with Crippen LogP contribution < -0.4 is 14.8 Å². The van der Waals surface area contributed by atoms with Gasteiger partial charge in [-0.2, -0.15) is 0 Å². The predicted octanol–water partition coefficient (Wildman–Crippen LogP) is 5.10. The first-order valence-electron chi connectivity index (χ1n) is 9.41. The lowest BCUT2D eigenvalue weighted by Crippen LogP contribution is -2.30. The van der Waals surface area contributed by atoms with Crippen molar-refractivity contribution in [3.05, 3.63) is 58.1 Å². The van der Waals surface area contributed by atoms with E-state index in [2.05, 4.69) is 41.2 Å². The average Bonchev–Trinajstić information content (AvgIpc) is 2.65. The maximum absolute atomic E-state index is 12.0. The zero-order valence-electron chi connectivity index (χ0n) is 16.3. The Morgan fingerprint density at radius 2 is 1.89 bits per heavy atom. The van der Waals surface area contributed by atoms with Crippen LogP contribution >= 0.6 is 15.9 Å². The molecule has 0 saturated heterocycles. The third kappa shape index (κ3) is 6.90. The van der Waals surface area contributed by atoms with Gasteiger partial charge in [-0.15, -0.1) is 0 Å². The molecule has 0 atom stereocenters. The van der Waals surface area contributed by atoms with Crippen molar-refractivity contribution < 1.29 is 14.3 Å². The van der Waals surface area contributed by atoms with Crippen molar-refractivity contribution in [1.82, 2.24) is 5.32 Å². The molecule has 27 heavy (non-hydrogen) atoms. The molecule has 0 spiro atoms. The van der Waals surface area contributed by atoms with E-state index in [0.29, 0.717) is 24.8 Å². The Morgan fingerprint density at radius 3 is 2.59 bits per heavy atom. The zero-order chi connectivity index (χ0) is 19.6. The second-order valence-corrected chi connectivity index (χ2v) is 7.48. The molecule has 0 heterocycles. The Kier molecular flexibility index (Phi) is 8.65. The third-order valence-electron chi connectivity index (χ3n) is 4.20. The molecule has 5 heteroatoms. The fourth-order valence-electron chi connectivity index (χ4n) is 2.70. The van der Waals surface area contributed by atoms with Gasteiger partial charge in [0.05, 0.1) is 11.1 Å². The van der Waals surface area contributed by atoms with Crippen LogP contribution in [0.1, 0.15) is 44.2 Å². The number of benzene rings is 2. The fraction of sp³-hybridized carbons (Fsp3) is 0.409. The van der Waals surface area contributed by atoms with Crippen molar-refractivity contribution in [3.63, 3.8) is 0 Å². The summed E-state index contributed by atoms with van der Waals surface area (Å²) in [6, 6.07) is 14.0. The highest BCUT2D eigenvalue weighted by Crippen LogP contribution is 2.28. The van der Waals surface area contributed by atoms with Crippen LogP contribution in [0.2, 0.25) is 0 Å². The first kappa shape index (κ1) is 21.3. The molecule has 2 rings (SSSR count). The van der Waals surface area contributed by atoms with E-state index in [0.717, 1.165) is 23.1 Å². The van der Waals surface area contributed by atoms with E-state index < -0.39 is 0 Å². The van der Waals surface area contributed by atoms with Gasteiger partial charge in [0.15, 0.2) is 6.61 Å². The van der Waals surface area contributed by atoms with Gasteiger partial charge in [-0.25, -0.2) is 0 Å². The molecule has 2 aromatic rings. The molecule has 0 aliphatic heterocycles. The number of hydrogen-bond donors (Lipinski definition) is 1. The van der Waals surface area contributed by atoms with E-state index in [1.165, 1.54) is 11.1 Å². The minimum atomic E-state index is -0.118. The summed E-state index contributed by atoms with van der Waals surface area (Å²) in [5.74, 6) is 1.93. The van der Waals surface area contributed by atoms with Crippen LogP contribution in [-0.2, 0) is 11.2 Å². The Labute approximate surface area is 170 Å². The SMILES string of the molecule is CCOc1ccccc1CCCNC(=O)COc1ccc(C(C)C)cc1Br. The minimum absolute atomic E-state index is 0.00909. The highest BCUT2D eigenvalue weighted by molar-refractivity contribution is 9.10. The van der Waals surface area contributed by atoms with Crippen LogP contribution in [0.25, 0.3) is 0 Å². The molecule has 2 aromatic carbocycles. The van der Waals surface area contributed by atoms with Gasteiger partial charge in [0, 0.05) is 6.54 Å². The molecule has 4 nitrogen and oxygen atoms in total. The first-order valence-corrected chi connectivity index (χ1v) is 10.2. The van der Waals surface area contributed by atoms with E-state index in [9.17, 15) is 4.79 Å². The summed E-state index contributed by atoms with van der Waals surface area (Å²) in [7, 11) is 0. The van der Waals surface area contributed by atoms with Gasteiger partial charge < -0.3 is 14.8 Å². The summed E-state index contributed by atoms with van der Waals surface area (Å²) >= 11 is 3.51. The van der Waals surface area contributed by atoms with Gasteiger partial charge >= 0.3 is 0 Å². The molecule has 146 valence electrons. The standard InChI is InChI=1S/C22H28BrNO3/c1-4-26-20-10-6-5-8-17(20)9-7-13-24-22(25)15-27-21-12-11-18(16(2)3)14-19(21)23/h5-6,8,10-12,14,16H,4,7,9,13,15H2,1-3H3,(H,24,25). The molecule has 0 saturated carbocycles. The van der Waals surface area contributed by atoms with Gasteiger partial charge in [0.25, 0.3) is 5.91 Å². The monoisotopic (exact) mass is 433 g/mol.